The second kappa shape index (κ2) is 8.79. The van der Waals surface area contributed by atoms with E-state index in [0.717, 1.165) is 35.7 Å². The molecule has 0 amide bonds. The summed E-state index contributed by atoms with van der Waals surface area (Å²) in [6, 6.07) is 7.02. The molecule has 0 saturated heterocycles. The Morgan fingerprint density at radius 3 is 2.67 bits per heavy atom. The molecule has 0 heterocycles. The second-order valence-electron chi connectivity index (χ2n) is 6.03. The Balaban J connectivity index is 2.06. The Morgan fingerprint density at radius 1 is 1.29 bits per heavy atom. The lowest BCUT2D eigenvalue weighted by atomic mass is 9.93. The fourth-order valence-corrected chi connectivity index (χ4v) is 3.74. The monoisotopic (exact) mass is 353 g/mol. The van der Waals surface area contributed by atoms with E-state index < -0.39 is 0 Å². The average molecular weight is 354 g/mol. The molecule has 2 nitrogen and oxygen atoms in total. The van der Waals surface area contributed by atoms with Crippen molar-refractivity contribution in [1.29, 1.82) is 0 Å². The van der Waals surface area contributed by atoms with Crippen molar-refractivity contribution in [2.75, 3.05) is 13.2 Å². The zero-order valence-electron chi connectivity index (χ0n) is 13.3. The smallest absolute Gasteiger partial charge is 0.133 e. The molecule has 118 valence electrons. The Hall–Kier alpha value is -0.540. The van der Waals surface area contributed by atoms with E-state index in [1.165, 1.54) is 37.7 Å². The van der Waals surface area contributed by atoms with E-state index in [9.17, 15) is 0 Å². The average Bonchev–Trinajstić information content (AvgIpc) is 2.98. The first-order chi connectivity index (χ1) is 10.2. The third kappa shape index (κ3) is 5.00. The van der Waals surface area contributed by atoms with Gasteiger partial charge in [0.25, 0.3) is 0 Å². The summed E-state index contributed by atoms with van der Waals surface area (Å²) in [6.45, 7) is 6.11. The van der Waals surface area contributed by atoms with Gasteiger partial charge in [0.2, 0.25) is 0 Å². The van der Waals surface area contributed by atoms with Crippen molar-refractivity contribution in [2.24, 2.45) is 5.92 Å². The maximum atomic E-state index is 5.75. The van der Waals surface area contributed by atoms with Gasteiger partial charge in [-0.25, -0.2) is 0 Å². The van der Waals surface area contributed by atoms with Crippen LogP contribution in [0.2, 0.25) is 0 Å². The topological polar surface area (TPSA) is 21.3 Å². The molecule has 1 aliphatic carbocycles. The van der Waals surface area contributed by atoms with Gasteiger partial charge in [0.1, 0.15) is 5.75 Å². The van der Waals surface area contributed by atoms with Gasteiger partial charge in [-0.2, -0.15) is 0 Å². The first-order valence-corrected chi connectivity index (χ1v) is 9.19. The molecule has 0 aliphatic heterocycles. The second-order valence-corrected chi connectivity index (χ2v) is 6.89. The van der Waals surface area contributed by atoms with Gasteiger partial charge in [-0.1, -0.05) is 45.6 Å². The molecule has 0 radical (unpaired) electrons. The van der Waals surface area contributed by atoms with Crippen LogP contribution in [0.1, 0.15) is 64.0 Å². The van der Waals surface area contributed by atoms with Gasteiger partial charge < -0.3 is 10.1 Å². The van der Waals surface area contributed by atoms with Crippen LogP contribution in [0.4, 0.5) is 0 Å². The van der Waals surface area contributed by atoms with Crippen molar-refractivity contribution in [3.63, 3.8) is 0 Å². The van der Waals surface area contributed by atoms with Gasteiger partial charge in [0.05, 0.1) is 11.1 Å². The third-order valence-electron chi connectivity index (χ3n) is 4.31. The lowest BCUT2D eigenvalue weighted by molar-refractivity contribution is 0.315. The van der Waals surface area contributed by atoms with Crippen LogP contribution in [0.5, 0.6) is 5.75 Å². The van der Waals surface area contributed by atoms with Gasteiger partial charge in [-0.15, -0.1) is 0 Å². The van der Waals surface area contributed by atoms with E-state index in [0.29, 0.717) is 6.04 Å². The summed E-state index contributed by atoms with van der Waals surface area (Å²) in [4.78, 5) is 0. The highest BCUT2D eigenvalue weighted by Crippen LogP contribution is 2.35. The van der Waals surface area contributed by atoms with E-state index in [1.54, 1.807) is 0 Å². The molecular weight excluding hydrogens is 326 g/mol. The van der Waals surface area contributed by atoms with Crippen LogP contribution >= 0.6 is 15.9 Å². The van der Waals surface area contributed by atoms with Gasteiger partial charge in [-0.05, 0) is 58.9 Å². The van der Waals surface area contributed by atoms with Gasteiger partial charge in [-0.3, -0.25) is 0 Å². The first kappa shape index (κ1) is 16.8. The van der Waals surface area contributed by atoms with Crippen LogP contribution in [-0.2, 0) is 0 Å². The SMILES string of the molecule is CCCOc1ccc(C(CC2CCCC2)NCC)cc1Br. The predicted molar refractivity (Wildman–Crippen MR) is 92.9 cm³/mol. The highest BCUT2D eigenvalue weighted by atomic mass is 79.9. The van der Waals surface area contributed by atoms with Gasteiger partial charge >= 0.3 is 0 Å². The summed E-state index contributed by atoms with van der Waals surface area (Å²) in [5.41, 5.74) is 1.37. The molecule has 1 fully saturated rings. The van der Waals surface area contributed by atoms with Crippen LogP contribution in [-0.4, -0.2) is 13.2 Å². The van der Waals surface area contributed by atoms with Crippen molar-refractivity contribution in [3.8, 4) is 5.75 Å². The minimum atomic E-state index is 0.467. The lowest BCUT2D eigenvalue weighted by Crippen LogP contribution is -2.23. The minimum Gasteiger partial charge on any atom is -0.492 e. The van der Waals surface area contributed by atoms with Crippen LogP contribution in [0.25, 0.3) is 0 Å². The number of rotatable bonds is 8. The van der Waals surface area contributed by atoms with Crippen LogP contribution < -0.4 is 10.1 Å². The molecule has 0 aromatic heterocycles. The highest BCUT2D eigenvalue weighted by molar-refractivity contribution is 9.10. The summed E-state index contributed by atoms with van der Waals surface area (Å²) < 4.78 is 6.82. The molecule has 1 aromatic rings. The zero-order chi connectivity index (χ0) is 15.1. The predicted octanol–water partition coefficient (Wildman–Crippen LogP) is 5.47. The molecule has 1 unspecified atom stereocenters. The molecule has 0 spiro atoms. The van der Waals surface area contributed by atoms with Crippen molar-refractivity contribution >= 4 is 15.9 Å². The molecule has 1 N–H and O–H groups in total. The lowest BCUT2D eigenvalue weighted by Gasteiger charge is -2.22. The highest BCUT2D eigenvalue weighted by Gasteiger charge is 2.21. The van der Waals surface area contributed by atoms with E-state index in [2.05, 4.69) is 53.3 Å². The molecule has 21 heavy (non-hydrogen) atoms. The normalized spacial score (nSPS) is 17.1. The largest absolute Gasteiger partial charge is 0.492 e. The minimum absolute atomic E-state index is 0.467. The maximum absolute atomic E-state index is 5.75. The number of hydrogen-bond acceptors (Lipinski definition) is 2. The van der Waals surface area contributed by atoms with Crippen molar-refractivity contribution < 1.29 is 4.74 Å². The Kier molecular flexibility index (Phi) is 7.05. The van der Waals surface area contributed by atoms with Gasteiger partial charge in [0.15, 0.2) is 0 Å². The van der Waals surface area contributed by atoms with Crippen LogP contribution in [0.15, 0.2) is 22.7 Å². The summed E-state index contributed by atoms with van der Waals surface area (Å²) in [7, 11) is 0. The van der Waals surface area contributed by atoms with Crippen molar-refractivity contribution in [3.05, 3.63) is 28.2 Å². The summed E-state index contributed by atoms with van der Waals surface area (Å²) in [5.74, 6) is 1.85. The number of halogens is 1. The Bertz CT molecular complexity index is 429. The molecule has 1 aliphatic rings. The van der Waals surface area contributed by atoms with E-state index in [-0.39, 0.29) is 0 Å². The van der Waals surface area contributed by atoms with E-state index >= 15 is 0 Å². The molecule has 3 heteroatoms. The summed E-state index contributed by atoms with van der Waals surface area (Å²) in [6.07, 6.45) is 7.93. The Labute approximate surface area is 137 Å². The maximum Gasteiger partial charge on any atom is 0.133 e. The molecule has 1 atom stereocenters. The third-order valence-corrected chi connectivity index (χ3v) is 4.93. The molecular formula is C18H28BrNO. The molecule has 1 saturated carbocycles. The number of hydrogen-bond donors (Lipinski definition) is 1. The van der Waals surface area contributed by atoms with Crippen molar-refractivity contribution in [1.82, 2.24) is 5.32 Å². The Morgan fingerprint density at radius 2 is 2.05 bits per heavy atom. The standard InChI is InChI=1S/C18H28BrNO/c1-3-11-21-18-10-9-15(13-16(18)19)17(20-4-2)12-14-7-5-6-8-14/h9-10,13-14,17,20H,3-8,11-12H2,1-2H3. The van der Waals surface area contributed by atoms with E-state index in [4.69, 9.17) is 4.74 Å². The fourth-order valence-electron chi connectivity index (χ4n) is 3.23. The van der Waals surface area contributed by atoms with Gasteiger partial charge in [0, 0.05) is 6.04 Å². The number of ether oxygens (including phenoxy) is 1. The quantitative estimate of drug-likeness (QED) is 0.668. The number of benzene rings is 1. The zero-order valence-corrected chi connectivity index (χ0v) is 14.9. The molecule has 2 rings (SSSR count). The van der Waals surface area contributed by atoms with Crippen molar-refractivity contribution in [2.45, 2.75) is 58.4 Å². The van der Waals surface area contributed by atoms with E-state index in [1.807, 2.05) is 0 Å². The summed E-state index contributed by atoms with van der Waals surface area (Å²) in [5, 5.41) is 3.65. The summed E-state index contributed by atoms with van der Waals surface area (Å²) >= 11 is 3.66. The van der Waals surface area contributed by atoms with Crippen LogP contribution in [0, 0.1) is 5.92 Å². The molecule has 1 aromatic carbocycles. The fraction of sp³-hybridized carbons (Fsp3) is 0.667. The first-order valence-electron chi connectivity index (χ1n) is 8.40. The molecule has 0 bridgehead atoms. The number of nitrogens with one attached hydrogen (secondary N) is 1. The van der Waals surface area contributed by atoms with Crippen LogP contribution in [0.3, 0.4) is 0 Å².